The van der Waals surface area contributed by atoms with Crippen molar-refractivity contribution in [2.24, 2.45) is 0 Å². The average molecular weight is 244 g/mol. The van der Waals surface area contributed by atoms with Gasteiger partial charge in [0.25, 0.3) is 0 Å². The number of rotatable bonds is 5. The Kier molecular flexibility index (Phi) is 4.65. The number of hydrogen-bond donors (Lipinski definition) is 1. The smallest absolute Gasteiger partial charge is 0.331 e. The van der Waals surface area contributed by atoms with Gasteiger partial charge < -0.3 is 19.3 Å². The maximum absolute atomic E-state index is 11.0. The molecule has 17 heavy (non-hydrogen) atoms. The van der Waals surface area contributed by atoms with E-state index in [1.807, 2.05) is 13.8 Å². The lowest BCUT2D eigenvalue weighted by Crippen LogP contribution is -2.22. The van der Waals surface area contributed by atoms with Crippen molar-refractivity contribution in [3.8, 4) is 0 Å². The summed E-state index contributed by atoms with van der Waals surface area (Å²) >= 11 is 0. The number of carboxylic acid groups (broad SMARTS) is 1. The second-order valence-corrected chi connectivity index (χ2v) is 4.08. The molecule has 0 aliphatic carbocycles. The van der Waals surface area contributed by atoms with Crippen molar-refractivity contribution in [2.45, 2.75) is 32.2 Å². The van der Waals surface area contributed by atoms with Crippen LogP contribution in [-0.2, 0) is 23.8 Å². The summed E-state index contributed by atoms with van der Waals surface area (Å²) in [5.41, 5.74) is 0. The fourth-order valence-electron chi connectivity index (χ4n) is 1.38. The standard InChI is InChI=1S/C11H16O6/c1-11(2)16-7-8(17-11)5-6-15-10(14)4-3-9(12)13/h3-4,8H,5-7H2,1-2H3,(H,12,13)/b4-3+/t8-/m0/s1. The van der Waals surface area contributed by atoms with E-state index in [1.165, 1.54) is 0 Å². The Labute approximate surface area is 99.2 Å². The highest BCUT2D eigenvalue weighted by atomic mass is 16.7. The molecule has 1 rings (SSSR count). The van der Waals surface area contributed by atoms with Crippen LogP contribution in [0.3, 0.4) is 0 Å². The van der Waals surface area contributed by atoms with E-state index in [-0.39, 0.29) is 12.7 Å². The van der Waals surface area contributed by atoms with E-state index in [0.717, 1.165) is 12.2 Å². The molecule has 0 spiro atoms. The molecule has 1 fully saturated rings. The Bertz CT molecular complexity index is 320. The highest BCUT2D eigenvalue weighted by molar-refractivity contribution is 5.90. The molecular formula is C11H16O6. The summed E-state index contributed by atoms with van der Waals surface area (Å²) in [7, 11) is 0. The number of hydrogen-bond acceptors (Lipinski definition) is 5. The van der Waals surface area contributed by atoms with Gasteiger partial charge in [0, 0.05) is 18.6 Å². The zero-order valence-electron chi connectivity index (χ0n) is 9.84. The molecule has 1 N–H and O–H groups in total. The van der Waals surface area contributed by atoms with Crippen LogP contribution in [0.25, 0.3) is 0 Å². The molecule has 0 amide bonds. The normalized spacial score (nSPS) is 22.8. The van der Waals surface area contributed by atoms with Crippen LogP contribution < -0.4 is 0 Å². The zero-order chi connectivity index (χ0) is 12.9. The van der Waals surface area contributed by atoms with Crippen LogP contribution in [0, 0.1) is 0 Å². The molecular weight excluding hydrogens is 228 g/mol. The minimum atomic E-state index is -1.18. The molecule has 1 heterocycles. The topological polar surface area (TPSA) is 82.1 Å². The van der Waals surface area contributed by atoms with Gasteiger partial charge in [-0.05, 0) is 13.8 Å². The molecule has 1 aliphatic rings. The summed E-state index contributed by atoms with van der Waals surface area (Å²) < 4.78 is 15.6. The summed E-state index contributed by atoms with van der Waals surface area (Å²) in [5.74, 6) is -2.44. The van der Waals surface area contributed by atoms with Gasteiger partial charge in [0.1, 0.15) is 0 Å². The van der Waals surface area contributed by atoms with Crippen LogP contribution in [0.5, 0.6) is 0 Å². The number of aliphatic carboxylic acids is 1. The minimum absolute atomic E-state index is 0.0961. The average Bonchev–Trinajstić information content (AvgIpc) is 2.55. The highest BCUT2D eigenvalue weighted by Crippen LogP contribution is 2.23. The maximum atomic E-state index is 11.0. The van der Waals surface area contributed by atoms with Crippen molar-refractivity contribution in [3.63, 3.8) is 0 Å². The van der Waals surface area contributed by atoms with Crippen molar-refractivity contribution >= 4 is 11.9 Å². The predicted octanol–water partition coefficient (Wildman–Crippen LogP) is 0.712. The van der Waals surface area contributed by atoms with Gasteiger partial charge in [0.15, 0.2) is 5.79 Å². The molecule has 0 aromatic rings. The van der Waals surface area contributed by atoms with Gasteiger partial charge in [0.2, 0.25) is 0 Å². The summed E-state index contributed by atoms with van der Waals surface area (Å²) in [6.45, 7) is 4.27. The molecule has 0 unspecified atom stereocenters. The van der Waals surface area contributed by atoms with Gasteiger partial charge in [-0.25, -0.2) is 9.59 Å². The lowest BCUT2D eigenvalue weighted by Gasteiger charge is -2.16. The molecule has 0 radical (unpaired) electrons. The van der Waals surface area contributed by atoms with E-state index in [0.29, 0.717) is 13.0 Å². The van der Waals surface area contributed by atoms with Gasteiger partial charge in [-0.3, -0.25) is 0 Å². The van der Waals surface area contributed by atoms with E-state index in [2.05, 4.69) is 0 Å². The summed E-state index contributed by atoms with van der Waals surface area (Å²) in [4.78, 5) is 21.1. The van der Waals surface area contributed by atoms with Crippen LogP contribution in [0.4, 0.5) is 0 Å². The monoisotopic (exact) mass is 244 g/mol. The first-order chi connectivity index (χ1) is 7.89. The third kappa shape index (κ3) is 5.46. The SMILES string of the molecule is CC1(C)OC[C@H](CCOC(=O)/C=C/C(=O)O)O1. The molecule has 6 heteroatoms. The molecule has 0 aromatic heterocycles. The van der Waals surface area contributed by atoms with Gasteiger partial charge in [0.05, 0.1) is 19.3 Å². The van der Waals surface area contributed by atoms with Crippen LogP contribution in [0.2, 0.25) is 0 Å². The van der Waals surface area contributed by atoms with Crippen LogP contribution in [-0.4, -0.2) is 42.1 Å². The molecule has 1 saturated heterocycles. The fourth-order valence-corrected chi connectivity index (χ4v) is 1.38. The van der Waals surface area contributed by atoms with E-state index < -0.39 is 17.7 Å². The number of esters is 1. The minimum Gasteiger partial charge on any atom is -0.478 e. The predicted molar refractivity (Wildman–Crippen MR) is 57.3 cm³/mol. The van der Waals surface area contributed by atoms with Gasteiger partial charge in [-0.2, -0.15) is 0 Å². The Morgan fingerprint density at radius 1 is 1.47 bits per heavy atom. The van der Waals surface area contributed by atoms with Crippen molar-refractivity contribution in [2.75, 3.05) is 13.2 Å². The number of carbonyl (C=O) groups excluding carboxylic acids is 1. The maximum Gasteiger partial charge on any atom is 0.331 e. The van der Waals surface area contributed by atoms with E-state index in [9.17, 15) is 9.59 Å². The molecule has 0 bridgehead atoms. The Hall–Kier alpha value is -1.40. The summed E-state index contributed by atoms with van der Waals surface area (Å²) in [5, 5.41) is 8.29. The van der Waals surface area contributed by atoms with Crippen LogP contribution in [0.1, 0.15) is 20.3 Å². The van der Waals surface area contributed by atoms with E-state index in [4.69, 9.17) is 19.3 Å². The third-order valence-electron chi connectivity index (χ3n) is 2.11. The van der Waals surface area contributed by atoms with Crippen molar-refractivity contribution in [3.05, 3.63) is 12.2 Å². The summed E-state index contributed by atoms with van der Waals surface area (Å²) in [6.07, 6.45) is 2.04. The summed E-state index contributed by atoms with van der Waals surface area (Å²) in [6, 6.07) is 0. The Morgan fingerprint density at radius 2 is 2.18 bits per heavy atom. The molecule has 1 atom stereocenters. The number of carbonyl (C=O) groups is 2. The first-order valence-electron chi connectivity index (χ1n) is 5.28. The Morgan fingerprint density at radius 3 is 2.71 bits per heavy atom. The lowest BCUT2D eigenvalue weighted by atomic mass is 10.3. The fraction of sp³-hybridized carbons (Fsp3) is 0.636. The first kappa shape index (κ1) is 13.7. The quantitative estimate of drug-likeness (QED) is 0.566. The zero-order valence-corrected chi connectivity index (χ0v) is 9.84. The van der Waals surface area contributed by atoms with Gasteiger partial charge in [-0.15, -0.1) is 0 Å². The highest BCUT2D eigenvalue weighted by Gasteiger charge is 2.32. The van der Waals surface area contributed by atoms with E-state index >= 15 is 0 Å². The molecule has 6 nitrogen and oxygen atoms in total. The second kappa shape index (κ2) is 5.79. The largest absolute Gasteiger partial charge is 0.478 e. The van der Waals surface area contributed by atoms with Crippen LogP contribution in [0.15, 0.2) is 12.2 Å². The van der Waals surface area contributed by atoms with Crippen molar-refractivity contribution < 1.29 is 28.9 Å². The molecule has 96 valence electrons. The van der Waals surface area contributed by atoms with Gasteiger partial charge in [-0.1, -0.05) is 0 Å². The number of carboxylic acids is 1. The molecule has 0 saturated carbocycles. The van der Waals surface area contributed by atoms with Crippen LogP contribution >= 0.6 is 0 Å². The van der Waals surface area contributed by atoms with Gasteiger partial charge >= 0.3 is 11.9 Å². The first-order valence-corrected chi connectivity index (χ1v) is 5.28. The van der Waals surface area contributed by atoms with Crippen molar-refractivity contribution in [1.29, 1.82) is 0 Å². The molecule has 1 aliphatic heterocycles. The Balaban J connectivity index is 2.16. The number of ether oxygens (including phenoxy) is 3. The lowest BCUT2D eigenvalue weighted by molar-refractivity contribution is -0.145. The van der Waals surface area contributed by atoms with Crippen molar-refractivity contribution in [1.82, 2.24) is 0 Å². The second-order valence-electron chi connectivity index (χ2n) is 4.08. The molecule has 0 aromatic carbocycles. The van der Waals surface area contributed by atoms with E-state index in [1.54, 1.807) is 0 Å². The third-order valence-corrected chi connectivity index (χ3v) is 2.11.